The molecule has 3 aromatic rings. The molecule has 1 aliphatic heterocycles. The third-order valence-electron chi connectivity index (χ3n) is 5.61. The van der Waals surface area contributed by atoms with Gasteiger partial charge in [-0.1, -0.05) is 47.5 Å². The number of rotatable bonds is 5. The van der Waals surface area contributed by atoms with E-state index in [0.717, 1.165) is 14.7 Å². The van der Waals surface area contributed by atoms with Gasteiger partial charge in [-0.15, -0.1) is 0 Å². The first-order chi connectivity index (χ1) is 15.9. The van der Waals surface area contributed by atoms with Crippen LogP contribution in [0.25, 0.3) is 0 Å². The SMILES string of the molecule is C[C@H](c1ccc(Cl)cc1)N1C(=O)c2cc(I)ccc2N=C(NCCN)[C@@H]1c1ccc(Cl)cc1. The highest BCUT2D eigenvalue weighted by atomic mass is 127. The van der Waals surface area contributed by atoms with Crippen molar-refractivity contribution in [3.63, 3.8) is 0 Å². The van der Waals surface area contributed by atoms with Crippen molar-refractivity contribution in [2.24, 2.45) is 10.7 Å². The number of hydrogen-bond acceptors (Lipinski definition) is 4. The lowest BCUT2D eigenvalue weighted by Crippen LogP contribution is -2.44. The maximum absolute atomic E-state index is 14.1. The summed E-state index contributed by atoms with van der Waals surface area (Å²) in [6, 6.07) is 20.1. The Bertz CT molecular complexity index is 1180. The van der Waals surface area contributed by atoms with Crippen LogP contribution in [0.4, 0.5) is 5.69 Å². The minimum atomic E-state index is -0.461. The molecule has 0 saturated heterocycles. The summed E-state index contributed by atoms with van der Waals surface area (Å²) in [6.07, 6.45) is 0. The van der Waals surface area contributed by atoms with Crippen LogP contribution in [0.2, 0.25) is 10.0 Å². The number of benzene rings is 3. The number of amides is 1. The highest BCUT2D eigenvalue weighted by Gasteiger charge is 2.37. The van der Waals surface area contributed by atoms with E-state index in [4.69, 9.17) is 33.9 Å². The fourth-order valence-electron chi connectivity index (χ4n) is 3.96. The van der Waals surface area contributed by atoms with E-state index in [2.05, 4.69) is 27.9 Å². The molecule has 0 unspecified atom stereocenters. The molecule has 2 atom stereocenters. The zero-order chi connectivity index (χ0) is 23.5. The topological polar surface area (TPSA) is 70.7 Å². The minimum absolute atomic E-state index is 0.0979. The van der Waals surface area contributed by atoms with E-state index in [1.54, 1.807) is 0 Å². The van der Waals surface area contributed by atoms with Gasteiger partial charge in [-0.3, -0.25) is 4.79 Å². The van der Waals surface area contributed by atoms with Gasteiger partial charge in [-0.05, 0) is 83.1 Å². The molecule has 0 radical (unpaired) electrons. The van der Waals surface area contributed by atoms with Gasteiger partial charge in [0.15, 0.2) is 0 Å². The fraction of sp³-hybridized carbons (Fsp3) is 0.200. The molecule has 0 aliphatic carbocycles. The summed E-state index contributed by atoms with van der Waals surface area (Å²) >= 11 is 14.5. The maximum Gasteiger partial charge on any atom is 0.257 e. The molecule has 33 heavy (non-hydrogen) atoms. The molecule has 5 nitrogen and oxygen atoms in total. The first-order valence-electron chi connectivity index (χ1n) is 10.5. The third kappa shape index (κ3) is 5.19. The second-order valence-corrected chi connectivity index (χ2v) is 9.89. The van der Waals surface area contributed by atoms with Gasteiger partial charge < -0.3 is 16.0 Å². The Balaban J connectivity index is 1.93. The molecule has 0 fully saturated rings. The molecule has 4 rings (SSSR count). The Morgan fingerprint density at radius 1 is 1.06 bits per heavy atom. The van der Waals surface area contributed by atoms with Gasteiger partial charge in [0.05, 0.1) is 17.3 Å². The highest BCUT2D eigenvalue weighted by Crippen LogP contribution is 2.39. The summed E-state index contributed by atoms with van der Waals surface area (Å²) in [5.74, 6) is 0.566. The van der Waals surface area contributed by atoms with Gasteiger partial charge in [0.25, 0.3) is 5.91 Å². The number of fused-ring (bicyclic) bond motifs is 1. The van der Waals surface area contributed by atoms with Crippen LogP contribution >= 0.6 is 45.8 Å². The molecule has 1 aliphatic rings. The first kappa shape index (κ1) is 24.0. The minimum Gasteiger partial charge on any atom is -0.370 e. The van der Waals surface area contributed by atoms with Gasteiger partial charge in [0.2, 0.25) is 0 Å². The number of nitrogens with one attached hydrogen (secondary N) is 1. The van der Waals surface area contributed by atoms with Gasteiger partial charge in [0, 0.05) is 26.7 Å². The molecular formula is C25H23Cl2IN4O. The Kier molecular flexibility index (Phi) is 7.58. The van der Waals surface area contributed by atoms with Crippen molar-refractivity contribution in [3.05, 3.63) is 97.0 Å². The van der Waals surface area contributed by atoms with Crippen molar-refractivity contribution in [3.8, 4) is 0 Å². The lowest BCUT2D eigenvalue weighted by atomic mass is 9.98. The Labute approximate surface area is 217 Å². The smallest absolute Gasteiger partial charge is 0.257 e. The fourth-order valence-corrected chi connectivity index (χ4v) is 4.70. The summed E-state index contributed by atoms with van der Waals surface area (Å²) < 4.78 is 0.968. The summed E-state index contributed by atoms with van der Waals surface area (Å²) in [5, 5.41) is 4.65. The summed E-state index contributed by atoms with van der Waals surface area (Å²) in [5.41, 5.74) is 8.87. The van der Waals surface area contributed by atoms with Crippen molar-refractivity contribution < 1.29 is 4.79 Å². The number of halogens is 3. The van der Waals surface area contributed by atoms with Crippen LogP contribution < -0.4 is 11.1 Å². The van der Waals surface area contributed by atoms with Gasteiger partial charge >= 0.3 is 0 Å². The van der Waals surface area contributed by atoms with Gasteiger partial charge in [-0.2, -0.15) is 0 Å². The van der Waals surface area contributed by atoms with Crippen LogP contribution in [0.3, 0.4) is 0 Å². The largest absolute Gasteiger partial charge is 0.370 e. The van der Waals surface area contributed by atoms with E-state index in [-0.39, 0.29) is 11.9 Å². The molecule has 170 valence electrons. The Morgan fingerprint density at radius 3 is 2.33 bits per heavy atom. The molecule has 3 N–H and O–H groups in total. The molecule has 0 saturated carbocycles. The van der Waals surface area contributed by atoms with Crippen molar-refractivity contribution in [2.45, 2.75) is 19.0 Å². The van der Waals surface area contributed by atoms with Gasteiger partial charge in [-0.25, -0.2) is 4.99 Å². The Hall–Kier alpha value is -2.13. The monoisotopic (exact) mass is 592 g/mol. The predicted octanol–water partition coefficient (Wildman–Crippen LogP) is 6.13. The number of aliphatic imine (C=N–C) groups is 1. The zero-order valence-electron chi connectivity index (χ0n) is 17.9. The lowest BCUT2D eigenvalue weighted by Gasteiger charge is -2.37. The summed E-state index contributed by atoms with van der Waals surface area (Å²) in [6.45, 7) is 2.98. The molecule has 0 bridgehead atoms. The summed E-state index contributed by atoms with van der Waals surface area (Å²) in [4.78, 5) is 20.9. The second kappa shape index (κ2) is 10.4. The zero-order valence-corrected chi connectivity index (χ0v) is 21.6. The normalized spacial score (nSPS) is 16.6. The average Bonchev–Trinajstić information content (AvgIpc) is 2.93. The molecule has 3 aromatic carbocycles. The average molecular weight is 593 g/mol. The third-order valence-corrected chi connectivity index (χ3v) is 6.78. The number of carbonyl (C=O) groups excluding carboxylic acids is 1. The molecule has 8 heteroatoms. The Morgan fingerprint density at radius 2 is 1.70 bits per heavy atom. The van der Waals surface area contributed by atoms with E-state index in [0.29, 0.717) is 40.2 Å². The van der Waals surface area contributed by atoms with Crippen molar-refractivity contribution in [1.82, 2.24) is 10.2 Å². The van der Waals surface area contributed by atoms with E-state index in [1.165, 1.54) is 0 Å². The van der Waals surface area contributed by atoms with E-state index in [1.807, 2.05) is 78.6 Å². The maximum atomic E-state index is 14.1. The highest BCUT2D eigenvalue weighted by molar-refractivity contribution is 14.1. The molecule has 1 heterocycles. The van der Waals surface area contributed by atoms with Crippen LogP contribution in [0.15, 0.2) is 71.7 Å². The van der Waals surface area contributed by atoms with Crippen LogP contribution in [-0.4, -0.2) is 29.7 Å². The molecule has 0 spiro atoms. The molecule has 0 aromatic heterocycles. The van der Waals surface area contributed by atoms with E-state index < -0.39 is 6.04 Å². The van der Waals surface area contributed by atoms with Crippen LogP contribution in [-0.2, 0) is 0 Å². The first-order valence-corrected chi connectivity index (χ1v) is 12.4. The van der Waals surface area contributed by atoms with Crippen molar-refractivity contribution in [1.29, 1.82) is 0 Å². The lowest BCUT2D eigenvalue weighted by molar-refractivity contribution is 0.0650. The van der Waals surface area contributed by atoms with Crippen LogP contribution in [0.1, 0.15) is 40.5 Å². The van der Waals surface area contributed by atoms with Gasteiger partial charge in [0.1, 0.15) is 11.9 Å². The number of amidine groups is 1. The van der Waals surface area contributed by atoms with Crippen molar-refractivity contribution >= 4 is 63.2 Å². The second-order valence-electron chi connectivity index (χ2n) is 7.77. The number of carbonyl (C=O) groups is 1. The van der Waals surface area contributed by atoms with Crippen LogP contribution in [0.5, 0.6) is 0 Å². The van der Waals surface area contributed by atoms with Crippen molar-refractivity contribution in [2.75, 3.05) is 13.1 Å². The standard InChI is InChI=1S/C25H23Cl2IN4O/c1-15(16-2-6-18(26)7-3-16)32-23(17-4-8-19(27)9-5-17)24(30-13-12-29)31-22-11-10-20(28)14-21(22)25(32)33/h2-11,14-15,23H,12-13,29H2,1H3,(H,30,31)/t15-,23+/m1/s1. The summed E-state index contributed by atoms with van der Waals surface area (Å²) in [7, 11) is 0. The quantitative estimate of drug-likeness (QED) is 0.350. The van der Waals surface area contributed by atoms with Crippen LogP contribution in [0, 0.1) is 3.57 Å². The number of nitrogens with two attached hydrogens (primary N) is 1. The molecule has 1 amide bonds. The number of hydrogen-bond donors (Lipinski definition) is 2. The van der Waals surface area contributed by atoms with E-state index >= 15 is 0 Å². The predicted molar refractivity (Wildman–Crippen MR) is 144 cm³/mol. The van der Waals surface area contributed by atoms with E-state index in [9.17, 15) is 4.79 Å². The number of nitrogens with zero attached hydrogens (tertiary/aromatic N) is 2. The molecular weight excluding hydrogens is 570 g/mol.